The zero-order chi connectivity index (χ0) is 25.6. The van der Waals surface area contributed by atoms with Crippen molar-refractivity contribution < 1.29 is 24.2 Å². The molecule has 7 heteroatoms. The van der Waals surface area contributed by atoms with Crippen LogP contribution in [0.3, 0.4) is 0 Å². The summed E-state index contributed by atoms with van der Waals surface area (Å²) in [7, 11) is 1.53. The molecule has 3 atom stereocenters. The van der Waals surface area contributed by atoms with Crippen LogP contribution in [-0.2, 0) is 9.53 Å². The van der Waals surface area contributed by atoms with Gasteiger partial charge in [-0.2, -0.15) is 0 Å². The summed E-state index contributed by atoms with van der Waals surface area (Å²) >= 11 is 0. The quantitative estimate of drug-likeness (QED) is 0.347. The molecular formula is C28H36N2O5. The highest BCUT2D eigenvalue weighted by molar-refractivity contribution is 6.03. The summed E-state index contributed by atoms with van der Waals surface area (Å²) in [6.07, 6.45) is 1.90. The molecule has 1 aliphatic heterocycles. The Labute approximate surface area is 207 Å². The molecule has 2 aromatic rings. The van der Waals surface area contributed by atoms with Crippen molar-refractivity contribution in [2.75, 3.05) is 13.7 Å². The summed E-state index contributed by atoms with van der Waals surface area (Å²) in [5, 5.41) is 13.1. The predicted molar refractivity (Wildman–Crippen MR) is 135 cm³/mol. The number of methoxy groups -OCH3 is 1. The van der Waals surface area contributed by atoms with E-state index < -0.39 is 23.8 Å². The van der Waals surface area contributed by atoms with Crippen LogP contribution in [0, 0.1) is 12.3 Å². The Morgan fingerprint density at radius 1 is 1.14 bits per heavy atom. The number of nitrogens with one attached hydrogen (secondary N) is 1. The first-order valence-corrected chi connectivity index (χ1v) is 12.1. The third-order valence-corrected chi connectivity index (χ3v) is 6.85. The number of nitrogens with zero attached hydrogens (tertiary/aromatic N) is 1. The lowest BCUT2D eigenvalue weighted by Crippen LogP contribution is -2.73. The minimum atomic E-state index is -0.774. The second-order valence-corrected chi connectivity index (χ2v) is 8.99. The summed E-state index contributed by atoms with van der Waals surface area (Å²) < 4.78 is 11.2. The Bertz CT molecular complexity index is 1010. The minimum Gasteiger partial charge on any atom is -0.469 e. The second-order valence-electron chi connectivity index (χ2n) is 8.99. The molecule has 0 unspecified atom stereocenters. The van der Waals surface area contributed by atoms with E-state index in [1.165, 1.54) is 12.0 Å². The number of β-lactam (4-membered cyclic amide) rings is 1. The maximum absolute atomic E-state index is 13.3. The third-order valence-electron chi connectivity index (χ3n) is 6.85. The Balaban J connectivity index is 1.81. The van der Waals surface area contributed by atoms with Crippen molar-refractivity contribution in [3.05, 3.63) is 77.9 Å². The lowest BCUT2D eigenvalue weighted by molar-refractivity contribution is -0.191. The van der Waals surface area contributed by atoms with Crippen LogP contribution < -0.4 is 10.1 Å². The van der Waals surface area contributed by atoms with Crippen LogP contribution in [0.1, 0.15) is 61.9 Å². The molecule has 0 radical (unpaired) electrons. The number of hydrogen-bond acceptors (Lipinski definition) is 5. The molecule has 3 amide bonds. The van der Waals surface area contributed by atoms with Crippen molar-refractivity contribution >= 4 is 11.9 Å². The van der Waals surface area contributed by atoms with Crippen molar-refractivity contribution in [1.29, 1.82) is 0 Å². The van der Waals surface area contributed by atoms with Gasteiger partial charge in [0.2, 0.25) is 5.91 Å². The standard InChI is InChI=1S/C28H36N2O5/c1-6-9-23(20-12-10-19(4)11-13-20)29-27(33)30-25(32)28(7-2,8-3)26(30)35-22-16-14-21(15-17-22)24(31)18-34-5/h6,10-17,23-24,26,31H,1,7-9,18H2,2-5H3,(H,29,33)/t23-,24-,26+/m1/s1. The van der Waals surface area contributed by atoms with Crippen LogP contribution in [0.2, 0.25) is 0 Å². The fraction of sp³-hybridized carbons (Fsp3) is 0.429. The van der Waals surface area contributed by atoms with Gasteiger partial charge in [0.1, 0.15) is 17.3 Å². The van der Waals surface area contributed by atoms with E-state index in [0.717, 1.165) is 11.1 Å². The largest absolute Gasteiger partial charge is 0.469 e. The Morgan fingerprint density at radius 2 is 1.74 bits per heavy atom. The van der Waals surface area contributed by atoms with Gasteiger partial charge in [-0.25, -0.2) is 9.69 Å². The van der Waals surface area contributed by atoms with Crippen LogP contribution in [-0.4, -0.2) is 41.9 Å². The monoisotopic (exact) mass is 480 g/mol. The van der Waals surface area contributed by atoms with E-state index in [9.17, 15) is 14.7 Å². The molecule has 0 aliphatic carbocycles. The maximum atomic E-state index is 13.3. The van der Waals surface area contributed by atoms with Gasteiger partial charge in [0, 0.05) is 7.11 Å². The molecule has 0 bridgehead atoms. The van der Waals surface area contributed by atoms with Gasteiger partial charge in [-0.15, -0.1) is 6.58 Å². The number of imide groups is 1. The number of urea groups is 1. The van der Waals surface area contributed by atoms with E-state index >= 15 is 0 Å². The fourth-order valence-corrected chi connectivity index (χ4v) is 4.51. The van der Waals surface area contributed by atoms with Crippen LogP contribution in [0.15, 0.2) is 61.2 Å². The highest BCUT2D eigenvalue weighted by Gasteiger charge is 2.63. The summed E-state index contributed by atoms with van der Waals surface area (Å²) in [5.74, 6) is 0.277. The van der Waals surface area contributed by atoms with E-state index in [2.05, 4.69) is 11.9 Å². The number of rotatable bonds is 11. The molecule has 0 spiro atoms. The van der Waals surface area contributed by atoms with Gasteiger partial charge in [-0.3, -0.25) is 4.79 Å². The van der Waals surface area contributed by atoms with Crippen molar-refractivity contribution in [3.8, 4) is 5.75 Å². The molecule has 35 heavy (non-hydrogen) atoms. The normalized spacial score (nSPS) is 18.4. The van der Waals surface area contributed by atoms with Crippen molar-refractivity contribution in [3.63, 3.8) is 0 Å². The summed E-state index contributed by atoms with van der Waals surface area (Å²) in [6, 6.07) is 14.1. The summed E-state index contributed by atoms with van der Waals surface area (Å²) in [4.78, 5) is 27.8. The van der Waals surface area contributed by atoms with Gasteiger partial charge in [0.25, 0.3) is 0 Å². The first-order chi connectivity index (χ1) is 16.8. The number of aliphatic hydroxyl groups is 1. The molecule has 3 rings (SSSR count). The van der Waals surface area contributed by atoms with E-state index in [4.69, 9.17) is 9.47 Å². The third kappa shape index (κ3) is 5.41. The van der Waals surface area contributed by atoms with E-state index in [1.807, 2.05) is 45.0 Å². The Kier molecular flexibility index (Phi) is 8.70. The lowest BCUT2D eigenvalue weighted by Gasteiger charge is -2.53. The van der Waals surface area contributed by atoms with Crippen molar-refractivity contribution in [1.82, 2.24) is 10.2 Å². The Hall–Kier alpha value is -3.16. The van der Waals surface area contributed by atoms with Crippen molar-refractivity contribution in [2.24, 2.45) is 5.41 Å². The molecule has 0 saturated carbocycles. The maximum Gasteiger partial charge on any atom is 0.327 e. The topological polar surface area (TPSA) is 88.1 Å². The average molecular weight is 481 g/mol. The first kappa shape index (κ1) is 26.4. The van der Waals surface area contributed by atoms with Gasteiger partial charge in [0.15, 0.2) is 6.23 Å². The lowest BCUT2D eigenvalue weighted by atomic mass is 9.72. The molecule has 2 N–H and O–H groups in total. The number of aliphatic hydroxyl groups excluding tert-OH is 1. The predicted octanol–water partition coefficient (Wildman–Crippen LogP) is 5.06. The van der Waals surface area contributed by atoms with Crippen molar-refractivity contribution in [2.45, 2.75) is 58.4 Å². The van der Waals surface area contributed by atoms with Crippen LogP contribution >= 0.6 is 0 Å². The van der Waals surface area contributed by atoms with E-state index in [0.29, 0.717) is 30.6 Å². The fourth-order valence-electron chi connectivity index (χ4n) is 4.51. The SMILES string of the molecule is C=CC[C@@H](NC(=O)N1C(=O)C(CC)(CC)[C@@H]1Oc1ccc([C@H](O)COC)cc1)c1ccc(C)cc1. The molecule has 1 heterocycles. The van der Waals surface area contributed by atoms with Crippen LogP contribution in [0.5, 0.6) is 5.75 Å². The van der Waals surface area contributed by atoms with Crippen LogP contribution in [0.4, 0.5) is 4.79 Å². The zero-order valence-electron chi connectivity index (χ0n) is 21.0. The number of aryl methyl sites for hydroxylation is 1. The number of benzene rings is 2. The molecule has 188 valence electrons. The molecule has 2 aromatic carbocycles. The molecule has 7 nitrogen and oxygen atoms in total. The van der Waals surface area contributed by atoms with Gasteiger partial charge in [0.05, 0.1) is 12.6 Å². The molecule has 1 aliphatic rings. The molecule has 1 saturated heterocycles. The number of carbonyl (C=O) groups excluding carboxylic acids is 2. The van der Waals surface area contributed by atoms with Crippen LogP contribution in [0.25, 0.3) is 0 Å². The highest BCUT2D eigenvalue weighted by atomic mass is 16.5. The number of hydrogen-bond donors (Lipinski definition) is 2. The van der Waals surface area contributed by atoms with Gasteiger partial charge < -0.3 is 19.9 Å². The summed E-state index contributed by atoms with van der Waals surface area (Å²) in [5.41, 5.74) is 1.99. The van der Waals surface area contributed by atoms with E-state index in [-0.39, 0.29) is 18.6 Å². The highest BCUT2D eigenvalue weighted by Crippen LogP contribution is 2.46. The van der Waals surface area contributed by atoms with Gasteiger partial charge in [-0.05, 0) is 49.4 Å². The number of likely N-dealkylation sites (tertiary alicyclic amines) is 1. The summed E-state index contributed by atoms with van der Waals surface area (Å²) in [6.45, 7) is 9.88. The molecule has 1 fully saturated rings. The number of ether oxygens (including phenoxy) is 2. The first-order valence-electron chi connectivity index (χ1n) is 12.1. The molecule has 0 aromatic heterocycles. The van der Waals surface area contributed by atoms with Gasteiger partial charge >= 0.3 is 6.03 Å². The smallest absolute Gasteiger partial charge is 0.327 e. The minimum absolute atomic E-state index is 0.187. The number of amides is 3. The van der Waals surface area contributed by atoms with Gasteiger partial charge in [-0.1, -0.05) is 61.9 Å². The zero-order valence-corrected chi connectivity index (χ0v) is 21.0. The van der Waals surface area contributed by atoms with E-state index in [1.54, 1.807) is 30.3 Å². The average Bonchev–Trinajstić information content (AvgIpc) is 2.85. The molecular weight excluding hydrogens is 444 g/mol. The second kappa shape index (κ2) is 11.5. The Morgan fingerprint density at radius 3 is 2.29 bits per heavy atom. The number of carbonyl (C=O) groups is 2.